The van der Waals surface area contributed by atoms with Crippen LogP contribution in [0.2, 0.25) is 10.0 Å². The maximum absolute atomic E-state index is 11.7. The summed E-state index contributed by atoms with van der Waals surface area (Å²) in [7, 11) is 0. The molecule has 9 heteroatoms. The average molecular weight is 361 g/mol. The molecule has 0 saturated heterocycles. The first kappa shape index (κ1) is 19.1. The van der Waals surface area contributed by atoms with Gasteiger partial charge in [0, 0.05) is 11.6 Å². The normalized spacial score (nSPS) is 11.3. The van der Waals surface area contributed by atoms with E-state index in [-0.39, 0.29) is 10.9 Å². The quantitative estimate of drug-likeness (QED) is 0.455. The number of hydrazine groups is 1. The fourth-order valence-corrected chi connectivity index (χ4v) is 1.96. The number of hydrogen-bond donors (Lipinski definition) is 4. The summed E-state index contributed by atoms with van der Waals surface area (Å²) in [4.78, 5) is 35.0. The molecule has 0 aliphatic rings. The Labute approximate surface area is 144 Å². The Morgan fingerprint density at radius 2 is 1.87 bits per heavy atom. The highest BCUT2D eigenvalue weighted by Gasteiger charge is 2.20. The lowest BCUT2D eigenvalue weighted by Gasteiger charge is -2.14. The second-order valence-electron chi connectivity index (χ2n) is 4.69. The molecule has 1 atom stereocenters. The van der Waals surface area contributed by atoms with Crippen LogP contribution in [0.1, 0.15) is 20.3 Å². The molecular weight excluding hydrogens is 343 g/mol. The molecule has 0 aliphatic carbocycles. The van der Waals surface area contributed by atoms with E-state index >= 15 is 0 Å². The summed E-state index contributed by atoms with van der Waals surface area (Å²) in [6.45, 7) is 3.89. The largest absolute Gasteiger partial charge is 0.354 e. The predicted molar refractivity (Wildman–Crippen MR) is 89.1 cm³/mol. The predicted octanol–water partition coefficient (Wildman–Crippen LogP) is 1.47. The van der Waals surface area contributed by atoms with Crippen molar-refractivity contribution in [3.05, 3.63) is 28.2 Å². The van der Waals surface area contributed by atoms with Gasteiger partial charge in [-0.05, 0) is 31.5 Å². The molecule has 0 bridgehead atoms. The minimum atomic E-state index is -0.953. The zero-order valence-corrected chi connectivity index (χ0v) is 14.2. The summed E-state index contributed by atoms with van der Waals surface area (Å²) in [5.74, 6) is -2.26. The number of nitrogens with one attached hydrogen (secondary N) is 4. The van der Waals surface area contributed by atoms with Crippen LogP contribution < -0.4 is 21.5 Å². The van der Waals surface area contributed by atoms with Crippen molar-refractivity contribution in [3.8, 4) is 0 Å². The number of anilines is 1. The molecule has 23 heavy (non-hydrogen) atoms. The molecule has 3 amide bonds. The zero-order valence-electron chi connectivity index (χ0n) is 12.7. The molecule has 7 nitrogen and oxygen atoms in total. The van der Waals surface area contributed by atoms with Gasteiger partial charge in [-0.25, -0.2) is 0 Å². The number of carbonyl (C=O) groups excluding carboxylic acids is 3. The molecule has 0 aromatic heterocycles. The molecule has 4 N–H and O–H groups in total. The summed E-state index contributed by atoms with van der Waals surface area (Å²) < 4.78 is 0. The Bertz CT molecular complexity index is 595. The number of carbonyl (C=O) groups is 3. The minimum absolute atomic E-state index is 0.283. The Morgan fingerprint density at radius 3 is 2.48 bits per heavy atom. The molecule has 0 heterocycles. The first-order valence-corrected chi connectivity index (χ1v) is 7.70. The van der Waals surface area contributed by atoms with Crippen molar-refractivity contribution < 1.29 is 14.4 Å². The third-order valence-electron chi connectivity index (χ3n) is 2.74. The van der Waals surface area contributed by atoms with Crippen LogP contribution in [0.25, 0.3) is 0 Å². The van der Waals surface area contributed by atoms with Gasteiger partial charge in [0.05, 0.1) is 10.7 Å². The minimum Gasteiger partial charge on any atom is -0.354 e. The van der Waals surface area contributed by atoms with Crippen LogP contribution in [0, 0.1) is 0 Å². The van der Waals surface area contributed by atoms with E-state index in [1.165, 1.54) is 13.0 Å². The number of rotatable bonds is 6. The van der Waals surface area contributed by atoms with Crippen molar-refractivity contribution >= 4 is 46.6 Å². The van der Waals surface area contributed by atoms with E-state index in [4.69, 9.17) is 23.2 Å². The van der Waals surface area contributed by atoms with Gasteiger partial charge in [-0.15, -0.1) is 0 Å². The first-order chi connectivity index (χ1) is 10.8. The fourth-order valence-electron chi connectivity index (χ4n) is 1.50. The molecule has 1 aromatic carbocycles. The highest BCUT2D eigenvalue weighted by atomic mass is 35.5. The van der Waals surface area contributed by atoms with Crippen LogP contribution in [-0.2, 0) is 14.4 Å². The lowest BCUT2D eigenvalue weighted by atomic mass is 10.3. The average Bonchev–Trinajstić information content (AvgIpc) is 2.51. The first-order valence-electron chi connectivity index (χ1n) is 6.94. The maximum Gasteiger partial charge on any atom is 0.327 e. The molecular formula is C14H18Cl2N4O3. The van der Waals surface area contributed by atoms with Gasteiger partial charge in [0.25, 0.3) is 0 Å². The number of amides is 3. The van der Waals surface area contributed by atoms with Gasteiger partial charge in [-0.1, -0.05) is 30.1 Å². The monoisotopic (exact) mass is 360 g/mol. The SMILES string of the molecule is CCCNC(=O)[C@H](C)NC(=O)C(=O)NNc1ccc(Cl)cc1Cl. The molecule has 0 radical (unpaired) electrons. The summed E-state index contributed by atoms with van der Waals surface area (Å²) in [5, 5.41) is 5.63. The van der Waals surface area contributed by atoms with E-state index < -0.39 is 17.9 Å². The summed E-state index contributed by atoms with van der Waals surface area (Å²) in [6.07, 6.45) is 0.776. The highest BCUT2D eigenvalue weighted by molar-refractivity contribution is 6.37. The van der Waals surface area contributed by atoms with Gasteiger partial charge in [0.2, 0.25) is 5.91 Å². The summed E-state index contributed by atoms with van der Waals surface area (Å²) in [6, 6.07) is 3.78. The van der Waals surface area contributed by atoms with E-state index in [1.807, 2.05) is 6.92 Å². The van der Waals surface area contributed by atoms with Gasteiger partial charge < -0.3 is 10.6 Å². The van der Waals surface area contributed by atoms with Gasteiger partial charge in [-0.2, -0.15) is 0 Å². The van der Waals surface area contributed by atoms with E-state index in [0.717, 1.165) is 6.42 Å². The molecule has 0 fully saturated rings. The molecule has 0 unspecified atom stereocenters. The van der Waals surface area contributed by atoms with Crippen molar-refractivity contribution in [3.63, 3.8) is 0 Å². The van der Waals surface area contributed by atoms with Crippen molar-refractivity contribution in [2.75, 3.05) is 12.0 Å². The van der Waals surface area contributed by atoms with Crippen molar-refractivity contribution in [1.82, 2.24) is 16.1 Å². The van der Waals surface area contributed by atoms with Crippen LogP contribution in [0.3, 0.4) is 0 Å². The number of hydrogen-bond acceptors (Lipinski definition) is 4. The van der Waals surface area contributed by atoms with E-state index in [2.05, 4.69) is 21.5 Å². The van der Waals surface area contributed by atoms with Crippen molar-refractivity contribution in [1.29, 1.82) is 0 Å². The fraction of sp³-hybridized carbons (Fsp3) is 0.357. The van der Waals surface area contributed by atoms with E-state index in [1.54, 1.807) is 12.1 Å². The van der Waals surface area contributed by atoms with E-state index in [9.17, 15) is 14.4 Å². The Balaban J connectivity index is 2.47. The third kappa shape index (κ3) is 6.33. The molecule has 126 valence electrons. The second-order valence-corrected chi connectivity index (χ2v) is 5.53. The zero-order chi connectivity index (χ0) is 17.4. The van der Waals surface area contributed by atoms with Gasteiger partial charge >= 0.3 is 11.8 Å². The van der Waals surface area contributed by atoms with Gasteiger partial charge in [-0.3, -0.25) is 25.2 Å². The molecule has 0 spiro atoms. The van der Waals surface area contributed by atoms with Gasteiger partial charge in [0.1, 0.15) is 6.04 Å². The molecule has 0 aliphatic heterocycles. The molecule has 1 rings (SSSR count). The Morgan fingerprint density at radius 1 is 1.17 bits per heavy atom. The maximum atomic E-state index is 11.7. The van der Waals surface area contributed by atoms with Crippen molar-refractivity contribution in [2.45, 2.75) is 26.3 Å². The van der Waals surface area contributed by atoms with E-state index in [0.29, 0.717) is 17.3 Å². The summed E-state index contributed by atoms with van der Waals surface area (Å²) in [5.41, 5.74) is 5.07. The Hall–Kier alpha value is -1.99. The standard InChI is InChI=1S/C14H18Cl2N4O3/c1-3-6-17-12(21)8(2)18-13(22)14(23)20-19-11-5-4-9(15)7-10(11)16/h4-5,7-8,19H,3,6H2,1-2H3,(H,17,21)(H,18,22)(H,20,23)/t8-/m0/s1. The Kier molecular flexibility index (Phi) is 7.64. The third-order valence-corrected chi connectivity index (χ3v) is 3.29. The lowest BCUT2D eigenvalue weighted by molar-refractivity contribution is -0.140. The number of benzene rings is 1. The van der Waals surface area contributed by atoms with Crippen LogP contribution in [0.5, 0.6) is 0 Å². The second kappa shape index (κ2) is 9.22. The van der Waals surface area contributed by atoms with Crippen LogP contribution in [0.4, 0.5) is 5.69 Å². The smallest absolute Gasteiger partial charge is 0.327 e. The van der Waals surface area contributed by atoms with Crippen LogP contribution in [-0.4, -0.2) is 30.3 Å². The van der Waals surface area contributed by atoms with Crippen LogP contribution in [0.15, 0.2) is 18.2 Å². The van der Waals surface area contributed by atoms with Crippen molar-refractivity contribution in [2.24, 2.45) is 0 Å². The lowest BCUT2D eigenvalue weighted by Crippen LogP contribution is -2.50. The topological polar surface area (TPSA) is 99.3 Å². The highest BCUT2D eigenvalue weighted by Crippen LogP contribution is 2.24. The molecule has 0 saturated carbocycles. The summed E-state index contributed by atoms with van der Waals surface area (Å²) >= 11 is 11.7. The van der Waals surface area contributed by atoms with Crippen LogP contribution >= 0.6 is 23.2 Å². The van der Waals surface area contributed by atoms with Gasteiger partial charge in [0.15, 0.2) is 0 Å². The molecule has 1 aromatic rings. The number of halogens is 2.